The van der Waals surface area contributed by atoms with E-state index in [9.17, 15) is 22.8 Å². The van der Waals surface area contributed by atoms with Crippen LogP contribution in [0.15, 0.2) is 36.4 Å². The number of nitrogens with zero attached hydrogens (tertiary/aromatic N) is 1. The summed E-state index contributed by atoms with van der Waals surface area (Å²) < 4.78 is 52.8. The fourth-order valence-electron chi connectivity index (χ4n) is 4.15. The zero-order chi connectivity index (χ0) is 26.6. The van der Waals surface area contributed by atoms with Crippen LogP contribution in [0.1, 0.15) is 47.8 Å². The van der Waals surface area contributed by atoms with Gasteiger partial charge in [-0.1, -0.05) is 46.9 Å². The van der Waals surface area contributed by atoms with Gasteiger partial charge in [-0.2, -0.15) is 13.2 Å². The molecular formula is C25H21Cl3F3NO4. The third-order valence-corrected chi connectivity index (χ3v) is 7.00. The van der Waals surface area contributed by atoms with E-state index in [0.29, 0.717) is 11.6 Å². The average Bonchev–Trinajstić information content (AvgIpc) is 3.11. The van der Waals surface area contributed by atoms with E-state index in [1.165, 1.54) is 17.0 Å². The second kappa shape index (κ2) is 9.24. The van der Waals surface area contributed by atoms with Crippen LogP contribution in [0.3, 0.4) is 0 Å². The van der Waals surface area contributed by atoms with Gasteiger partial charge in [0, 0.05) is 5.56 Å². The first kappa shape index (κ1) is 26.8. The molecule has 2 aromatic rings. The van der Waals surface area contributed by atoms with Gasteiger partial charge < -0.3 is 14.4 Å². The van der Waals surface area contributed by atoms with E-state index in [0.717, 1.165) is 17.7 Å². The number of fused-ring (bicyclic) bond motifs is 2. The summed E-state index contributed by atoms with van der Waals surface area (Å²) in [7, 11) is 0. The lowest BCUT2D eigenvalue weighted by atomic mass is 9.84. The quantitative estimate of drug-likeness (QED) is 0.221. The number of halogens is 6. The van der Waals surface area contributed by atoms with Crippen LogP contribution >= 0.6 is 34.8 Å². The van der Waals surface area contributed by atoms with Crippen LogP contribution in [0.25, 0.3) is 5.57 Å². The summed E-state index contributed by atoms with van der Waals surface area (Å²) in [5.41, 5.74) is -1.42. The fourth-order valence-corrected chi connectivity index (χ4v) is 4.74. The molecule has 0 unspecified atom stereocenters. The van der Waals surface area contributed by atoms with Crippen LogP contribution in [0.2, 0.25) is 15.1 Å². The van der Waals surface area contributed by atoms with Gasteiger partial charge in [0.05, 0.1) is 40.3 Å². The van der Waals surface area contributed by atoms with Gasteiger partial charge in [0.2, 0.25) is 0 Å². The number of amides is 1. The number of hydrogen-bond acceptors (Lipinski definition) is 4. The smallest absolute Gasteiger partial charge is 0.417 e. The summed E-state index contributed by atoms with van der Waals surface area (Å²) in [5, 5.41) is -0.408. The minimum atomic E-state index is -4.85. The molecule has 2 aliphatic rings. The van der Waals surface area contributed by atoms with Gasteiger partial charge >= 0.3 is 12.3 Å². The molecule has 0 aromatic heterocycles. The Hall–Kier alpha value is -2.26. The summed E-state index contributed by atoms with van der Waals surface area (Å²) in [6, 6.07) is 6.62. The van der Waals surface area contributed by atoms with Crippen molar-refractivity contribution in [2.24, 2.45) is 0 Å². The molecule has 0 aliphatic carbocycles. The van der Waals surface area contributed by atoms with E-state index in [-0.39, 0.29) is 45.9 Å². The Balaban J connectivity index is 1.57. The number of carbonyl (C=O) groups excluding carboxylic acids is 2. The molecule has 11 heteroatoms. The maximum absolute atomic E-state index is 13.8. The Labute approximate surface area is 220 Å². The van der Waals surface area contributed by atoms with Crippen LogP contribution < -0.4 is 0 Å². The Bertz CT molecular complexity index is 1260. The lowest BCUT2D eigenvalue weighted by Crippen LogP contribution is -2.61. The van der Waals surface area contributed by atoms with E-state index in [1.807, 2.05) is 0 Å². The van der Waals surface area contributed by atoms with E-state index < -0.39 is 34.8 Å². The second-order valence-electron chi connectivity index (χ2n) is 9.67. The zero-order valence-electron chi connectivity index (χ0n) is 19.4. The maximum Gasteiger partial charge on any atom is 0.417 e. The van der Waals surface area contributed by atoms with Crippen molar-refractivity contribution in [3.8, 4) is 0 Å². The maximum atomic E-state index is 13.8. The number of benzene rings is 2. The second-order valence-corrected chi connectivity index (χ2v) is 10.9. The monoisotopic (exact) mass is 561 g/mol. The van der Waals surface area contributed by atoms with Crippen LogP contribution in [0.4, 0.5) is 18.0 Å². The Morgan fingerprint density at radius 2 is 1.64 bits per heavy atom. The van der Waals surface area contributed by atoms with Crippen molar-refractivity contribution in [3.63, 3.8) is 0 Å². The van der Waals surface area contributed by atoms with Gasteiger partial charge in [-0.15, -0.1) is 0 Å². The van der Waals surface area contributed by atoms with Crippen molar-refractivity contribution in [2.75, 3.05) is 13.1 Å². The fraction of sp³-hybridized carbons (Fsp3) is 0.360. The molecule has 0 N–H and O–H groups in total. The van der Waals surface area contributed by atoms with Gasteiger partial charge in [0.1, 0.15) is 11.2 Å². The van der Waals surface area contributed by atoms with E-state index in [1.54, 1.807) is 26.8 Å². The van der Waals surface area contributed by atoms with Gasteiger partial charge in [-0.3, -0.25) is 4.79 Å². The average molecular weight is 563 g/mol. The van der Waals surface area contributed by atoms with Crippen LogP contribution in [0.5, 0.6) is 0 Å². The summed E-state index contributed by atoms with van der Waals surface area (Å²) in [6.07, 6.45) is -4.79. The number of ketones is 1. The minimum absolute atomic E-state index is 0.0608. The third-order valence-electron chi connectivity index (χ3n) is 5.80. The van der Waals surface area contributed by atoms with Crippen molar-refractivity contribution < 1.29 is 32.2 Å². The summed E-state index contributed by atoms with van der Waals surface area (Å²) in [6.45, 7) is 6.03. The third kappa shape index (κ3) is 5.23. The van der Waals surface area contributed by atoms with Crippen molar-refractivity contribution in [2.45, 2.75) is 44.8 Å². The topological polar surface area (TPSA) is 55.8 Å². The highest BCUT2D eigenvalue weighted by Crippen LogP contribution is 2.44. The molecule has 192 valence electrons. The highest BCUT2D eigenvalue weighted by Gasteiger charge is 2.52. The molecule has 1 spiro atoms. The van der Waals surface area contributed by atoms with E-state index in [2.05, 4.69) is 0 Å². The predicted octanol–water partition coefficient (Wildman–Crippen LogP) is 7.45. The first-order chi connectivity index (χ1) is 16.6. The molecule has 0 bridgehead atoms. The Morgan fingerprint density at radius 1 is 1.03 bits per heavy atom. The summed E-state index contributed by atoms with van der Waals surface area (Å²) in [5.74, 6) is -0.850. The number of carbonyl (C=O) groups is 2. The molecule has 1 saturated heterocycles. The van der Waals surface area contributed by atoms with Gasteiger partial charge in [0.15, 0.2) is 5.78 Å². The molecule has 2 heterocycles. The number of likely N-dealkylation sites (tertiary alicyclic amines) is 1. The predicted molar refractivity (Wildman–Crippen MR) is 131 cm³/mol. The molecule has 1 amide bonds. The largest absolute Gasteiger partial charge is 0.444 e. The normalized spacial score (nSPS) is 17.1. The molecule has 0 atom stereocenters. The number of hydrogen-bond donors (Lipinski definition) is 0. The lowest BCUT2D eigenvalue weighted by Gasteiger charge is -2.47. The van der Waals surface area contributed by atoms with Crippen molar-refractivity contribution in [1.82, 2.24) is 4.90 Å². The Morgan fingerprint density at radius 3 is 2.19 bits per heavy atom. The van der Waals surface area contributed by atoms with Crippen LogP contribution in [0, 0.1) is 0 Å². The van der Waals surface area contributed by atoms with Crippen LogP contribution in [-0.2, 0) is 21.7 Å². The highest BCUT2D eigenvalue weighted by atomic mass is 35.5. The zero-order valence-corrected chi connectivity index (χ0v) is 21.7. The first-order valence-electron chi connectivity index (χ1n) is 10.8. The summed E-state index contributed by atoms with van der Waals surface area (Å²) >= 11 is 17.6. The Kier molecular flexibility index (Phi) is 6.88. The molecule has 2 aromatic carbocycles. The highest BCUT2D eigenvalue weighted by molar-refractivity contribution is 6.48. The molecule has 5 nitrogen and oxygen atoms in total. The van der Waals surface area contributed by atoms with E-state index >= 15 is 0 Å². The van der Waals surface area contributed by atoms with Crippen molar-refractivity contribution in [3.05, 3.63) is 73.7 Å². The van der Waals surface area contributed by atoms with Gasteiger partial charge in [0.25, 0.3) is 0 Å². The number of allylic oxidation sites excluding steroid dienone is 2. The number of ether oxygens (including phenoxy) is 2. The lowest BCUT2D eigenvalue weighted by molar-refractivity contribution is -0.137. The van der Waals surface area contributed by atoms with Crippen molar-refractivity contribution >= 4 is 52.3 Å². The standard InChI is InChI=1S/C25H21Cl3F3NO4/c1-23(2,3)36-22(34)32-11-24(12-32)16-5-4-13(6-15(16)10-35-24)20(33)9-17(25(29,30)31)14-7-18(26)21(28)19(27)8-14/h4-9H,10-12H2,1-3H3/b17-9+. The summed E-state index contributed by atoms with van der Waals surface area (Å²) in [4.78, 5) is 26.6. The molecular weight excluding hydrogens is 542 g/mol. The molecule has 36 heavy (non-hydrogen) atoms. The number of alkyl halides is 3. The molecule has 0 saturated carbocycles. The first-order valence-corrected chi connectivity index (χ1v) is 12.0. The molecule has 4 rings (SSSR count). The SMILES string of the molecule is CC(C)(C)OC(=O)N1CC2(C1)OCc1cc(C(=O)/C=C(\c3cc(Cl)c(Cl)c(Cl)c3)C(F)(F)F)ccc12. The van der Waals surface area contributed by atoms with Gasteiger partial charge in [-0.05, 0) is 61.7 Å². The van der Waals surface area contributed by atoms with Gasteiger partial charge in [-0.25, -0.2) is 4.79 Å². The number of rotatable bonds is 3. The molecule has 2 aliphatic heterocycles. The molecule has 1 fully saturated rings. The van der Waals surface area contributed by atoms with Crippen LogP contribution in [-0.4, -0.2) is 41.6 Å². The molecule has 0 radical (unpaired) electrons. The van der Waals surface area contributed by atoms with E-state index in [4.69, 9.17) is 44.3 Å². The minimum Gasteiger partial charge on any atom is -0.444 e. The van der Waals surface area contributed by atoms with Crippen molar-refractivity contribution in [1.29, 1.82) is 0 Å².